The average Bonchev–Trinajstić information content (AvgIpc) is 2.83. The van der Waals surface area contributed by atoms with E-state index >= 15 is 0 Å². The van der Waals surface area contributed by atoms with Gasteiger partial charge in [0.25, 0.3) is 11.5 Å². The van der Waals surface area contributed by atoms with Gasteiger partial charge in [0.15, 0.2) is 0 Å². The predicted molar refractivity (Wildman–Crippen MR) is 68.6 cm³/mol. The van der Waals surface area contributed by atoms with Crippen LogP contribution in [0, 0.1) is 0 Å². The van der Waals surface area contributed by atoms with Gasteiger partial charge in [-0.25, -0.2) is 9.59 Å². The smallest absolute Gasteiger partial charge is 0.329 e. The molecule has 0 radical (unpaired) electrons. The summed E-state index contributed by atoms with van der Waals surface area (Å²) in [5, 5.41) is 9.41. The first-order valence-electron chi connectivity index (χ1n) is 6.30. The van der Waals surface area contributed by atoms with Crippen LogP contribution in [0.4, 0.5) is 0 Å². The van der Waals surface area contributed by atoms with Crippen LogP contribution in [0.1, 0.15) is 36.5 Å². The second kappa shape index (κ2) is 4.95. The van der Waals surface area contributed by atoms with Gasteiger partial charge in [-0.2, -0.15) is 0 Å². The molecule has 108 valence electrons. The van der Waals surface area contributed by atoms with E-state index in [1.807, 2.05) is 4.98 Å². The minimum atomic E-state index is -1.28. The van der Waals surface area contributed by atoms with Crippen molar-refractivity contribution < 1.29 is 14.7 Å². The molecule has 1 saturated heterocycles. The Bertz CT molecular complexity index is 662. The third kappa shape index (κ3) is 2.02. The number of amides is 1. The molecule has 0 aromatic carbocycles. The lowest BCUT2D eigenvalue weighted by Crippen LogP contribution is -2.53. The highest BCUT2D eigenvalue weighted by Gasteiger charge is 2.49. The Morgan fingerprint density at radius 3 is 2.70 bits per heavy atom. The molecule has 8 heteroatoms. The molecule has 1 amide bonds. The van der Waals surface area contributed by atoms with Crippen LogP contribution in [0.25, 0.3) is 0 Å². The molecule has 1 aromatic rings. The minimum Gasteiger partial charge on any atom is -0.479 e. The van der Waals surface area contributed by atoms with Crippen molar-refractivity contribution in [3.8, 4) is 0 Å². The number of carboxylic acid groups (broad SMARTS) is 1. The summed E-state index contributed by atoms with van der Waals surface area (Å²) >= 11 is 0. The van der Waals surface area contributed by atoms with E-state index in [1.165, 1.54) is 4.90 Å². The van der Waals surface area contributed by atoms with Crippen LogP contribution in [0.2, 0.25) is 0 Å². The molecular weight excluding hydrogens is 266 g/mol. The maximum absolute atomic E-state index is 12.4. The molecule has 1 aliphatic rings. The summed E-state index contributed by atoms with van der Waals surface area (Å²) in [5.41, 5.74) is -3.07. The van der Waals surface area contributed by atoms with Gasteiger partial charge in [-0.15, -0.1) is 0 Å². The molecule has 1 aliphatic heterocycles. The first-order valence-corrected chi connectivity index (χ1v) is 6.30. The molecule has 1 unspecified atom stereocenters. The Hall–Kier alpha value is -2.38. The van der Waals surface area contributed by atoms with E-state index in [1.54, 1.807) is 6.92 Å². The van der Waals surface area contributed by atoms with Crippen LogP contribution in [-0.2, 0) is 4.79 Å². The quantitative estimate of drug-likeness (QED) is 0.691. The van der Waals surface area contributed by atoms with Crippen molar-refractivity contribution in [3.63, 3.8) is 0 Å². The Balaban J connectivity index is 2.44. The van der Waals surface area contributed by atoms with Crippen LogP contribution >= 0.6 is 0 Å². The Morgan fingerprint density at radius 1 is 1.45 bits per heavy atom. The van der Waals surface area contributed by atoms with Crippen LogP contribution in [-0.4, -0.2) is 43.9 Å². The van der Waals surface area contributed by atoms with Gasteiger partial charge in [-0.05, 0) is 19.3 Å². The third-order valence-corrected chi connectivity index (χ3v) is 3.77. The highest BCUT2D eigenvalue weighted by atomic mass is 16.4. The number of nitrogens with one attached hydrogen (secondary N) is 2. The summed E-state index contributed by atoms with van der Waals surface area (Å²) in [6, 6.07) is 0. The molecule has 1 fully saturated rings. The number of hydrogen-bond donors (Lipinski definition) is 3. The van der Waals surface area contributed by atoms with Crippen molar-refractivity contribution in [1.82, 2.24) is 14.9 Å². The van der Waals surface area contributed by atoms with Crippen molar-refractivity contribution in [2.24, 2.45) is 0 Å². The fraction of sp³-hybridized carbons (Fsp3) is 0.500. The summed E-state index contributed by atoms with van der Waals surface area (Å²) in [7, 11) is 0. The van der Waals surface area contributed by atoms with E-state index in [2.05, 4.69) is 4.98 Å². The third-order valence-electron chi connectivity index (χ3n) is 3.77. The van der Waals surface area contributed by atoms with Crippen molar-refractivity contribution in [3.05, 3.63) is 32.6 Å². The molecule has 20 heavy (non-hydrogen) atoms. The van der Waals surface area contributed by atoms with Gasteiger partial charge in [-0.3, -0.25) is 14.6 Å². The number of rotatable bonds is 3. The second-order valence-electron chi connectivity index (χ2n) is 4.74. The lowest BCUT2D eigenvalue weighted by atomic mass is 9.92. The number of likely N-dealkylation sites (tertiary alicyclic amines) is 1. The zero-order valence-corrected chi connectivity index (χ0v) is 10.9. The molecule has 0 spiro atoms. The summed E-state index contributed by atoms with van der Waals surface area (Å²) < 4.78 is 0. The Labute approximate surface area is 113 Å². The SMILES string of the molecule is CCC1(C(=O)O)CCCN1C(=O)c1c[nH]c(=O)[nH]c1=O. The van der Waals surface area contributed by atoms with Crippen molar-refractivity contribution in [2.75, 3.05) is 6.54 Å². The fourth-order valence-electron chi connectivity index (χ4n) is 2.63. The van der Waals surface area contributed by atoms with Gasteiger partial charge in [0.05, 0.1) is 0 Å². The molecule has 0 bridgehead atoms. The number of carbonyl (C=O) groups is 2. The van der Waals surface area contributed by atoms with E-state index in [0.717, 1.165) is 6.20 Å². The summed E-state index contributed by atoms with van der Waals surface area (Å²) in [6.07, 6.45) is 2.19. The van der Waals surface area contributed by atoms with Gasteiger partial charge in [0, 0.05) is 12.7 Å². The molecule has 1 aromatic heterocycles. The number of aromatic nitrogens is 2. The Morgan fingerprint density at radius 2 is 2.15 bits per heavy atom. The van der Waals surface area contributed by atoms with Gasteiger partial charge in [0.1, 0.15) is 11.1 Å². The predicted octanol–water partition coefficient (Wildman–Crippen LogP) is -0.467. The molecule has 0 saturated carbocycles. The number of aromatic amines is 2. The first-order chi connectivity index (χ1) is 9.42. The average molecular weight is 281 g/mol. The van der Waals surface area contributed by atoms with E-state index < -0.39 is 28.7 Å². The van der Waals surface area contributed by atoms with E-state index in [-0.39, 0.29) is 18.5 Å². The fourth-order valence-corrected chi connectivity index (χ4v) is 2.63. The monoisotopic (exact) mass is 281 g/mol. The van der Waals surface area contributed by atoms with E-state index in [9.17, 15) is 24.3 Å². The molecule has 2 heterocycles. The highest BCUT2D eigenvalue weighted by molar-refractivity contribution is 5.97. The minimum absolute atomic E-state index is 0.259. The maximum Gasteiger partial charge on any atom is 0.329 e. The number of carboxylic acids is 1. The Kier molecular flexibility index (Phi) is 3.47. The highest BCUT2D eigenvalue weighted by Crippen LogP contribution is 2.33. The number of aliphatic carboxylic acids is 1. The van der Waals surface area contributed by atoms with Crippen LogP contribution in [0.15, 0.2) is 15.8 Å². The molecule has 2 rings (SSSR count). The summed E-state index contributed by atoms with van der Waals surface area (Å²) in [5.74, 6) is -1.75. The van der Waals surface area contributed by atoms with Gasteiger partial charge < -0.3 is 15.0 Å². The van der Waals surface area contributed by atoms with Crippen LogP contribution in [0.5, 0.6) is 0 Å². The largest absolute Gasteiger partial charge is 0.479 e. The molecule has 0 aliphatic carbocycles. The van der Waals surface area contributed by atoms with Gasteiger partial charge in [0.2, 0.25) is 0 Å². The van der Waals surface area contributed by atoms with Crippen molar-refractivity contribution in [2.45, 2.75) is 31.7 Å². The first kappa shape index (κ1) is 14.0. The van der Waals surface area contributed by atoms with E-state index in [0.29, 0.717) is 12.8 Å². The molecule has 1 atom stereocenters. The number of H-pyrrole nitrogens is 2. The number of hydrogen-bond acceptors (Lipinski definition) is 4. The zero-order valence-electron chi connectivity index (χ0n) is 10.9. The lowest BCUT2D eigenvalue weighted by molar-refractivity contribution is -0.148. The number of carbonyl (C=O) groups excluding carboxylic acids is 1. The second-order valence-corrected chi connectivity index (χ2v) is 4.74. The summed E-state index contributed by atoms with van der Waals surface area (Å²) in [4.78, 5) is 51.8. The van der Waals surface area contributed by atoms with Crippen molar-refractivity contribution in [1.29, 1.82) is 0 Å². The lowest BCUT2D eigenvalue weighted by Gasteiger charge is -2.33. The molecular formula is C12H15N3O5. The van der Waals surface area contributed by atoms with Crippen molar-refractivity contribution >= 4 is 11.9 Å². The molecule has 3 N–H and O–H groups in total. The standard InChI is InChI=1S/C12H15N3O5/c1-2-12(10(18)19)4-3-5-15(12)9(17)7-6-13-11(20)14-8(7)16/h6H,2-5H2,1H3,(H,18,19)(H2,13,14,16,20). The van der Waals surface area contributed by atoms with Crippen LogP contribution in [0.3, 0.4) is 0 Å². The van der Waals surface area contributed by atoms with E-state index in [4.69, 9.17) is 0 Å². The normalized spacial score (nSPS) is 21.9. The van der Waals surface area contributed by atoms with Gasteiger partial charge >= 0.3 is 11.7 Å². The topological polar surface area (TPSA) is 123 Å². The van der Waals surface area contributed by atoms with Crippen LogP contribution < -0.4 is 11.2 Å². The number of nitrogens with zero attached hydrogens (tertiary/aromatic N) is 1. The zero-order chi connectivity index (χ0) is 14.9. The maximum atomic E-state index is 12.4. The van der Waals surface area contributed by atoms with Gasteiger partial charge in [-0.1, -0.05) is 6.92 Å². The summed E-state index contributed by atoms with van der Waals surface area (Å²) in [6.45, 7) is 1.97. The molecule has 8 nitrogen and oxygen atoms in total.